The molecule has 19 heavy (non-hydrogen) atoms. The van der Waals surface area contributed by atoms with E-state index in [0.29, 0.717) is 19.8 Å². The maximum absolute atomic E-state index is 12.1. The minimum absolute atomic E-state index is 0.0102. The molecule has 0 radical (unpaired) electrons. The first-order chi connectivity index (χ1) is 8.99. The van der Waals surface area contributed by atoms with Crippen LogP contribution in [0.25, 0.3) is 0 Å². The molecule has 0 aliphatic carbocycles. The fourth-order valence-corrected chi connectivity index (χ4v) is 1.59. The summed E-state index contributed by atoms with van der Waals surface area (Å²) in [5.41, 5.74) is 5.16. The molecule has 0 aromatic heterocycles. The molecule has 1 rings (SSSR count). The Labute approximate surface area is 111 Å². The van der Waals surface area contributed by atoms with Gasteiger partial charge in [-0.1, -0.05) is 6.07 Å². The van der Waals surface area contributed by atoms with Crippen molar-refractivity contribution in [3.8, 4) is 0 Å². The van der Waals surface area contributed by atoms with Crippen LogP contribution in [0.2, 0.25) is 0 Å². The molecule has 2 N–H and O–H groups in total. The van der Waals surface area contributed by atoms with E-state index in [4.69, 9.17) is 10.5 Å². The molecule has 104 valence electrons. The highest BCUT2D eigenvalue weighted by Crippen LogP contribution is 2.26. The fraction of sp³-hybridized carbons (Fsp3) is 0.417. The molecule has 0 spiro atoms. The first-order valence-corrected chi connectivity index (χ1v) is 5.85. The molecule has 0 heterocycles. The highest BCUT2D eigenvalue weighted by atomic mass is 16.6. The van der Waals surface area contributed by atoms with Crippen molar-refractivity contribution in [1.29, 1.82) is 0 Å². The van der Waals surface area contributed by atoms with Crippen molar-refractivity contribution in [2.75, 3.05) is 32.5 Å². The average Bonchev–Trinajstić information content (AvgIpc) is 2.37. The molecule has 0 saturated carbocycles. The van der Waals surface area contributed by atoms with Gasteiger partial charge in [-0.2, -0.15) is 0 Å². The summed E-state index contributed by atoms with van der Waals surface area (Å²) in [6, 6.07) is 4.31. The van der Waals surface area contributed by atoms with Crippen LogP contribution in [0, 0.1) is 10.1 Å². The van der Waals surface area contributed by atoms with E-state index in [0.717, 1.165) is 0 Å². The van der Waals surface area contributed by atoms with Gasteiger partial charge in [0.2, 0.25) is 0 Å². The van der Waals surface area contributed by atoms with Crippen LogP contribution in [0.1, 0.15) is 17.3 Å². The van der Waals surface area contributed by atoms with Crippen LogP contribution in [0.15, 0.2) is 18.2 Å². The predicted octanol–water partition coefficient (Wildman–Crippen LogP) is 1.29. The van der Waals surface area contributed by atoms with Crippen molar-refractivity contribution in [3.63, 3.8) is 0 Å². The van der Waals surface area contributed by atoms with Crippen LogP contribution in [0.5, 0.6) is 0 Å². The molecule has 0 fully saturated rings. The van der Waals surface area contributed by atoms with Crippen molar-refractivity contribution < 1.29 is 14.5 Å². The first kappa shape index (κ1) is 14.9. The zero-order valence-electron chi connectivity index (χ0n) is 11.0. The Morgan fingerprint density at radius 2 is 2.21 bits per heavy atom. The Balaban J connectivity index is 2.93. The lowest BCUT2D eigenvalue weighted by Crippen LogP contribution is -2.30. The van der Waals surface area contributed by atoms with Gasteiger partial charge in [0.15, 0.2) is 0 Å². The van der Waals surface area contributed by atoms with Crippen molar-refractivity contribution in [2.45, 2.75) is 6.92 Å². The van der Waals surface area contributed by atoms with E-state index in [1.54, 1.807) is 7.05 Å². The molecule has 0 unspecified atom stereocenters. The molecule has 7 heteroatoms. The Morgan fingerprint density at radius 3 is 2.79 bits per heavy atom. The predicted molar refractivity (Wildman–Crippen MR) is 71.0 cm³/mol. The number of nitrogens with zero attached hydrogens (tertiary/aromatic N) is 2. The second-order valence-corrected chi connectivity index (χ2v) is 3.92. The van der Waals surface area contributed by atoms with Crippen molar-refractivity contribution in [1.82, 2.24) is 4.90 Å². The molecule has 1 amide bonds. The van der Waals surface area contributed by atoms with Gasteiger partial charge in [0.05, 0.1) is 11.5 Å². The zero-order valence-corrected chi connectivity index (χ0v) is 11.0. The molecule has 1 aromatic rings. The molecule has 0 aliphatic heterocycles. The Morgan fingerprint density at radius 1 is 1.53 bits per heavy atom. The van der Waals surface area contributed by atoms with Crippen LogP contribution in [-0.4, -0.2) is 42.5 Å². The maximum atomic E-state index is 12.1. The molecule has 1 aromatic carbocycles. The quantitative estimate of drug-likeness (QED) is 0.362. The van der Waals surface area contributed by atoms with Crippen LogP contribution < -0.4 is 5.73 Å². The Hall–Kier alpha value is -2.15. The molecule has 0 bridgehead atoms. The number of carbonyl (C=O) groups excluding carboxylic acids is 1. The topological polar surface area (TPSA) is 98.7 Å². The van der Waals surface area contributed by atoms with Gasteiger partial charge >= 0.3 is 5.69 Å². The van der Waals surface area contributed by atoms with Crippen LogP contribution in [0.3, 0.4) is 0 Å². The van der Waals surface area contributed by atoms with Gasteiger partial charge in [-0.3, -0.25) is 14.9 Å². The normalized spacial score (nSPS) is 10.2. The second-order valence-electron chi connectivity index (χ2n) is 3.92. The van der Waals surface area contributed by atoms with E-state index in [1.165, 1.54) is 23.1 Å². The minimum Gasteiger partial charge on any atom is -0.393 e. The van der Waals surface area contributed by atoms with Crippen molar-refractivity contribution >= 4 is 17.3 Å². The molecular weight excluding hydrogens is 250 g/mol. The van der Waals surface area contributed by atoms with Gasteiger partial charge in [-0.25, -0.2) is 0 Å². The maximum Gasteiger partial charge on any atom is 0.304 e. The Kier molecular flexibility index (Phi) is 5.25. The third-order valence-corrected chi connectivity index (χ3v) is 2.60. The largest absolute Gasteiger partial charge is 0.393 e. The lowest BCUT2D eigenvalue weighted by molar-refractivity contribution is -0.384. The molecule has 0 aliphatic rings. The number of hydrogen-bond acceptors (Lipinski definition) is 5. The van der Waals surface area contributed by atoms with Crippen molar-refractivity contribution in [2.24, 2.45) is 0 Å². The second kappa shape index (κ2) is 6.69. The van der Waals surface area contributed by atoms with Crippen LogP contribution >= 0.6 is 0 Å². The van der Waals surface area contributed by atoms with E-state index in [2.05, 4.69) is 0 Å². The lowest BCUT2D eigenvalue weighted by Gasteiger charge is -2.17. The number of nitrogen functional groups attached to an aromatic ring is 1. The number of anilines is 1. The summed E-state index contributed by atoms with van der Waals surface area (Å²) >= 11 is 0. The summed E-state index contributed by atoms with van der Waals surface area (Å²) in [6.07, 6.45) is 0. The van der Waals surface area contributed by atoms with Gasteiger partial charge in [0.1, 0.15) is 11.3 Å². The average molecular weight is 267 g/mol. The number of hydrogen-bond donors (Lipinski definition) is 1. The summed E-state index contributed by atoms with van der Waals surface area (Å²) in [4.78, 5) is 23.8. The standard InChI is InChI=1S/C12H17N3O4/c1-3-19-8-7-14(2)12(16)9-5-4-6-10(13)11(9)15(17)18/h4-6H,3,7-8,13H2,1-2H3. The number of ether oxygens (including phenoxy) is 1. The Bertz CT molecular complexity index is 476. The lowest BCUT2D eigenvalue weighted by atomic mass is 10.1. The number of rotatable bonds is 6. The summed E-state index contributed by atoms with van der Waals surface area (Å²) in [7, 11) is 1.56. The highest BCUT2D eigenvalue weighted by Gasteiger charge is 2.25. The van der Waals surface area contributed by atoms with Gasteiger partial charge in [0.25, 0.3) is 5.91 Å². The summed E-state index contributed by atoms with van der Waals surface area (Å²) in [5.74, 6) is -0.446. The van der Waals surface area contributed by atoms with Gasteiger partial charge in [0, 0.05) is 20.2 Å². The molecule has 0 atom stereocenters. The molecule has 0 saturated heterocycles. The highest BCUT2D eigenvalue weighted by molar-refractivity contribution is 6.00. The summed E-state index contributed by atoms with van der Waals surface area (Å²) < 4.78 is 5.14. The number of nitrogens with two attached hydrogens (primary N) is 1. The number of carbonyl (C=O) groups is 1. The number of amides is 1. The van der Waals surface area contributed by atoms with Crippen molar-refractivity contribution in [3.05, 3.63) is 33.9 Å². The van der Waals surface area contributed by atoms with Gasteiger partial charge in [-0.15, -0.1) is 0 Å². The number of likely N-dealkylation sites (N-methyl/N-ethyl adjacent to an activating group) is 1. The van der Waals surface area contributed by atoms with Crippen LogP contribution in [0.4, 0.5) is 11.4 Å². The zero-order chi connectivity index (χ0) is 14.4. The fourth-order valence-electron chi connectivity index (χ4n) is 1.59. The van der Waals surface area contributed by atoms with Crippen LogP contribution in [-0.2, 0) is 4.74 Å². The number of nitro groups is 1. The van der Waals surface area contributed by atoms with E-state index in [1.807, 2.05) is 6.92 Å². The number of para-hydroxylation sites is 1. The summed E-state index contributed by atoms with van der Waals surface area (Å²) in [6.45, 7) is 3.15. The van der Waals surface area contributed by atoms with E-state index >= 15 is 0 Å². The number of benzene rings is 1. The van der Waals surface area contributed by atoms with Gasteiger partial charge < -0.3 is 15.4 Å². The number of nitro benzene ring substituents is 1. The SMILES string of the molecule is CCOCCN(C)C(=O)c1cccc(N)c1[N+](=O)[O-]. The van der Waals surface area contributed by atoms with E-state index in [-0.39, 0.29) is 16.9 Å². The minimum atomic E-state index is -0.640. The third-order valence-electron chi connectivity index (χ3n) is 2.60. The smallest absolute Gasteiger partial charge is 0.304 e. The monoisotopic (exact) mass is 267 g/mol. The van der Waals surface area contributed by atoms with E-state index in [9.17, 15) is 14.9 Å². The molecule has 7 nitrogen and oxygen atoms in total. The van der Waals surface area contributed by atoms with Gasteiger partial charge in [-0.05, 0) is 19.1 Å². The molecular formula is C12H17N3O4. The van der Waals surface area contributed by atoms with E-state index < -0.39 is 10.8 Å². The third kappa shape index (κ3) is 3.65. The first-order valence-electron chi connectivity index (χ1n) is 5.85. The summed E-state index contributed by atoms with van der Waals surface area (Å²) in [5, 5.41) is 11.0.